The normalized spacial score (nSPS) is 12.9. The second-order valence-electron chi connectivity index (χ2n) is 8.89. The van der Waals surface area contributed by atoms with Crippen LogP contribution in [0.4, 0.5) is 0 Å². The smallest absolute Gasteiger partial charge is 0.187 e. The molecule has 0 saturated heterocycles. The Kier molecular flexibility index (Phi) is 8.36. The van der Waals surface area contributed by atoms with Crippen LogP contribution in [-0.2, 0) is 0 Å². The first-order valence-electron chi connectivity index (χ1n) is 10.3. The SMILES string of the molecule is CN(C)C=CC(=O)c1cccc(P(c2cccc(C(=O)C=CN(C)C)c2)C(C)(C)C)c1. The summed E-state index contributed by atoms with van der Waals surface area (Å²) in [6.45, 7) is 6.62. The van der Waals surface area contributed by atoms with Gasteiger partial charge in [0.1, 0.15) is 0 Å². The number of nitrogens with zero attached hydrogens (tertiary/aromatic N) is 2. The topological polar surface area (TPSA) is 40.6 Å². The van der Waals surface area contributed by atoms with Crippen LogP contribution in [-0.4, -0.2) is 54.7 Å². The highest BCUT2D eigenvalue weighted by molar-refractivity contribution is 7.74. The molecule has 4 nitrogen and oxygen atoms in total. The van der Waals surface area contributed by atoms with Gasteiger partial charge in [0, 0.05) is 63.9 Å². The minimum atomic E-state index is -0.791. The Morgan fingerprint density at radius 1 is 0.742 bits per heavy atom. The van der Waals surface area contributed by atoms with E-state index in [1.54, 1.807) is 24.6 Å². The second-order valence-corrected chi connectivity index (χ2v) is 11.9. The molecule has 0 bridgehead atoms. The van der Waals surface area contributed by atoms with Gasteiger partial charge in [-0.2, -0.15) is 0 Å². The monoisotopic (exact) mass is 436 g/mol. The molecule has 2 rings (SSSR count). The summed E-state index contributed by atoms with van der Waals surface area (Å²) in [4.78, 5) is 28.9. The summed E-state index contributed by atoms with van der Waals surface area (Å²) in [6.07, 6.45) is 6.71. The van der Waals surface area contributed by atoms with Crippen molar-refractivity contribution in [3.8, 4) is 0 Å². The van der Waals surface area contributed by atoms with Gasteiger partial charge in [-0.25, -0.2) is 0 Å². The Balaban J connectivity index is 2.47. The highest BCUT2D eigenvalue weighted by atomic mass is 31.1. The van der Waals surface area contributed by atoms with Gasteiger partial charge < -0.3 is 9.80 Å². The van der Waals surface area contributed by atoms with E-state index in [4.69, 9.17) is 0 Å². The summed E-state index contributed by atoms with van der Waals surface area (Å²) in [6, 6.07) is 15.8. The van der Waals surface area contributed by atoms with E-state index in [2.05, 4.69) is 32.9 Å². The molecule has 2 aromatic rings. The largest absolute Gasteiger partial charge is 0.383 e. The summed E-state index contributed by atoms with van der Waals surface area (Å²) in [5, 5.41) is 2.21. The maximum Gasteiger partial charge on any atom is 0.187 e. The number of carbonyl (C=O) groups excluding carboxylic acids is 2. The summed E-state index contributed by atoms with van der Waals surface area (Å²) in [5.74, 6) is -0.0330. The van der Waals surface area contributed by atoms with Crippen molar-refractivity contribution in [2.24, 2.45) is 0 Å². The highest BCUT2D eigenvalue weighted by Gasteiger charge is 2.28. The number of allylic oxidation sites excluding steroid dienone is 2. The Hall–Kier alpha value is -2.71. The molecular formula is C26H33N2O2P. The van der Waals surface area contributed by atoms with Crippen LogP contribution in [0.1, 0.15) is 41.5 Å². The third-order valence-electron chi connectivity index (χ3n) is 4.50. The fraction of sp³-hybridized carbons (Fsp3) is 0.308. The Morgan fingerprint density at radius 2 is 1.13 bits per heavy atom. The Bertz CT molecular complexity index is 911. The van der Waals surface area contributed by atoms with Gasteiger partial charge in [-0.05, 0) is 35.8 Å². The number of hydrogen-bond acceptors (Lipinski definition) is 4. The molecule has 0 aliphatic carbocycles. The van der Waals surface area contributed by atoms with E-state index in [-0.39, 0.29) is 16.7 Å². The van der Waals surface area contributed by atoms with Gasteiger partial charge in [0.25, 0.3) is 0 Å². The minimum absolute atomic E-state index is 0.0165. The third-order valence-corrected chi connectivity index (χ3v) is 7.43. The molecule has 0 aromatic heterocycles. The van der Waals surface area contributed by atoms with Gasteiger partial charge in [-0.15, -0.1) is 0 Å². The summed E-state index contributed by atoms with van der Waals surface area (Å²) < 4.78 is 0. The fourth-order valence-corrected chi connectivity index (χ4v) is 6.00. The van der Waals surface area contributed by atoms with Gasteiger partial charge in [0.2, 0.25) is 0 Å². The molecule has 0 radical (unpaired) electrons. The number of carbonyl (C=O) groups is 2. The van der Waals surface area contributed by atoms with Crippen LogP contribution >= 0.6 is 7.92 Å². The number of hydrogen-bond donors (Lipinski definition) is 0. The molecule has 0 saturated carbocycles. The van der Waals surface area contributed by atoms with Crippen molar-refractivity contribution in [1.82, 2.24) is 9.80 Å². The quantitative estimate of drug-likeness (QED) is 0.349. The van der Waals surface area contributed by atoms with Crippen LogP contribution in [0.25, 0.3) is 0 Å². The molecule has 5 heteroatoms. The van der Waals surface area contributed by atoms with Gasteiger partial charge in [-0.1, -0.05) is 57.2 Å². The zero-order valence-electron chi connectivity index (χ0n) is 19.6. The minimum Gasteiger partial charge on any atom is -0.383 e. The van der Waals surface area contributed by atoms with E-state index in [9.17, 15) is 9.59 Å². The molecule has 2 aromatic carbocycles. The predicted octanol–water partition coefficient (Wildman–Crippen LogP) is 4.43. The molecule has 0 spiro atoms. The predicted molar refractivity (Wildman–Crippen MR) is 133 cm³/mol. The van der Waals surface area contributed by atoms with E-state index < -0.39 is 7.92 Å². The molecule has 0 heterocycles. The van der Waals surface area contributed by atoms with Crippen LogP contribution in [0.15, 0.2) is 73.1 Å². The van der Waals surface area contributed by atoms with Gasteiger partial charge >= 0.3 is 0 Å². The van der Waals surface area contributed by atoms with Crippen molar-refractivity contribution in [2.45, 2.75) is 25.9 Å². The average molecular weight is 437 g/mol. The van der Waals surface area contributed by atoms with Gasteiger partial charge in [0.15, 0.2) is 11.6 Å². The van der Waals surface area contributed by atoms with Crippen molar-refractivity contribution in [1.29, 1.82) is 0 Å². The molecule has 164 valence electrons. The van der Waals surface area contributed by atoms with Crippen molar-refractivity contribution in [3.63, 3.8) is 0 Å². The molecular weight excluding hydrogens is 403 g/mol. The van der Waals surface area contributed by atoms with Crippen molar-refractivity contribution in [2.75, 3.05) is 28.2 Å². The number of benzene rings is 2. The van der Waals surface area contributed by atoms with Crippen LogP contribution in [0, 0.1) is 0 Å². The van der Waals surface area contributed by atoms with Crippen LogP contribution in [0.2, 0.25) is 0 Å². The second kappa shape index (κ2) is 10.5. The van der Waals surface area contributed by atoms with Crippen LogP contribution in [0.5, 0.6) is 0 Å². The number of rotatable bonds is 8. The Labute approximate surface area is 188 Å². The fourth-order valence-electron chi connectivity index (χ4n) is 3.15. The lowest BCUT2D eigenvalue weighted by atomic mass is 10.1. The Morgan fingerprint density at radius 3 is 1.45 bits per heavy atom. The molecule has 0 aliphatic heterocycles. The highest BCUT2D eigenvalue weighted by Crippen LogP contribution is 2.47. The van der Waals surface area contributed by atoms with Crippen LogP contribution < -0.4 is 10.6 Å². The van der Waals surface area contributed by atoms with Crippen molar-refractivity contribution < 1.29 is 9.59 Å². The molecule has 31 heavy (non-hydrogen) atoms. The average Bonchev–Trinajstić information content (AvgIpc) is 2.69. The lowest BCUT2D eigenvalue weighted by Crippen LogP contribution is -2.27. The maximum absolute atomic E-state index is 12.6. The first-order chi connectivity index (χ1) is 14.5. The molecule has 0 amide bonds. The van der Waals surface area contributed by atoms with E-state index >= 15 is 0 Å². The summed E-state index contributed by atoms with van der Waals surface area (Å²) in [7, 11) is 6.77. The third kappa shape index (κ3) is 7.18. The zero-order valence-corrected chi connectivity index (χ0v) is 20.5. The molecule has 0 atom stereocenters. The molecule has 0 fully saturated rings. The van der Waals surface area contributed by atoms with E-state index in [1.165, 1.54) is 0 Å². The lowest BCUT2D eigenvalue weighted by Gasteiger charge is -2.32. The van der Waals surface area contributed by atoms with Gasteiger partial charge in [-0.3, -0.25) is 9.59 Å². The maximum atomic E-state index is 12.6. The van der Waals surface area contributed by atoms with Crippen LogP contribution in [0.3, 0.4) is 0 Å². The van der Waals surface area contributed by atoms with E-state index in [0.29, 0.717) is 11.1 Å². The molecule has 0 N–H and O–H groups in total. The van der Waals surface area contributed by atoms with Crippen molar-refractivity contribution in [3.05, 3.63) is 84.2 Å². The molecule has 0 unspecified atom stereocenters. The zero-order chi connectivity index (χ0) is 23.2. The van der Waals surface area contributed by atoms with Gasteiger partial charge in [0.05, 0.1) is 0 Å². The summed E-state index contributed by atoms with van der Waals surface area (Å²) in [5.41, 5.74) is 1.35. The van der Waals surface area contributed by atoms with E-state index in [1.807, 2.05) is 74.4 Å². The first-order valence-corrected chi connectivity index (χ1v) is 11.6. The standard InChI is InChI=1S/C26H33N2O2P/c1-26(2,3)31(22-12-8-10-20(18-22)24(29)14-16-27(4)5)23-13-9-11-21(19-23)25(30)15-17-28(6)7/h8-19H,1-7H3. The van der Waals surface area contributed by atoms with Crippen molar-refractivity contribution >= 4 is 30.1 Å². The summed E-state index contributed by atoms with van der Waals surface area (Å²) >= 11 is 0. The number of ketones is 2. The van der Waals surface area contributed by atoms with E-state index in [0.717, 1.165) is 10.6 Å². The lowest BCUT2D eigenvalue weighted by molar-refractivity contribution is 0.103. The molecule has 0 aliphatic rings. The first kappa shape index (κ1) is 24.6.